The molecule has 1 atom stereocenters. The van der Waals surface area contributed by atoms with E-state index in [1.807, 2.05) is 49.3 Å². The van der Waals surface area contributed by atoms with Gasteiger partial charge in [0.05, 0.1) is 6.10 Å². The minimum Gasteiger partial charge on any atom is -0.386 e. The van der Waals surface area contributed by atoms with Crippen LogP contribution in [0, 0.1) is 0 Å². The van der Waals surface area contributed by atoms with E-state index in [-0.39, 0.29) is 0 Å². The summed E-state index contributed by atoms with van der Waals surface area (Å²) in [4.78, 5) is 5.02. The molecular formula is C14H19N3OS. The van der Waals surface area contributed by atoms with Crippen molar-refractivity contribution in [1.29, 1.82) is 0 Å². The minimum absolute atomic E-state index is 0.466. The third-order valence-corrected chi connectivity index (χ3v) is 3.56. The highest BCUT2D eigenvalue weighted by Crippen LogP contribution is 2.24. The quantitative estimate of drug-likeness (QED) is 0.749. The van der Waals surface area contributed by atoms with Crippen molar-refractivity contribution in [3.8, 4) is 0 Å². The summed E-state index contributed by atoms with van der Waals surface area (Å²) < 4.78 is 0. The Kier molecular flexibility index (Phi) is 4.39. The number of rotatable bonds is 4. The van der Waals surface area contributed by atoms with Gasteiger partial charge in [-0.3, -0.25) is 0 Å². The monoisotopic (exact) mass is 277 g/mol. The number of nitrogens with one attached hydrogen (secondary N) is 2. The van der Waals surface area contributed by atoms with Gasteiger partial charge in [0.1, 0.15) is 0 Å². The van der Waals surface area contributed by atoms with E-state index in [0.717, 1.165) is 23.0 Å². The Balaban J connectivity index is 2.11. The second-order valence-corrected chi connectivity index (χ2v) is 4.91. The van der Waals surface area contributed by atoms with Crippen LogP contribution >= 0.6 is 12.2 Å². The van der Waals surface area contributed by atoms with Crippen LogP contribution in [0.15, 0.2) is 30.5 Å². The topological polar surface area (TPSA) is 51.3 Å². The molecule has 0 aliphatic rings. The molecule has 0 fully saturated rings. The normalized spacial score (nSPS) is 12.4. The average molecular weight is 277 g/mol. The smallest absolute Gasteiger partial charge is 0.168 e. The number of aliphatic hydroxyl groups excluding tert-OH is 1. The molecule has 2 rings (SSSR count). The van der Waals surface area contributed by atoms with Gasteiger partial charge in [-0.1, -0.05) is 18.2 Å². The van der Waals surface area contributed by atoms with E-state index in [2.05, 4.69) is 10.3 Å². The van der Waals surface area contributed by atoms with Crippen LogP contribution in [0.4, 0.5) is 0 Å². The van der Waals surface area contributed by atoms with Crippen molar-refractivity contribution in [2.75, 3.05) is 20.1 Å². The molecule has 0 aliphatic carbocycles. The molecule has 0 amide bonds. The van der Waals surface area contributed by atoms with Crippen molar-refractivity contribution in [3.63, 3.8) is 0 Å². The molecule has 5 heteroatoms. The Labute approximate surface area is 118 Å². The van der Waals surface area contributed by atoms with Gasteiger partial charge in [-0.05, 0) is 25.2 Å². The molecule has 0 saturated carbocycles. The summed E-state index contributed by atoms with van der Waals surface area (Å²) in [6, 6.07) is 7.95. The number of aromatic amines is 1. The van der Waals surface area contributed by atoms with Crippen LogP contribution in [0.5, 0.6) is 0 Å². The number of nitrogens with zero attached hydrogens (tertiary/aromatic N) is 1. The summed E-state index contributed by atoms with van der Waals surface area (Å²) in [5.41, 5.74) is 1.94. The molecule has 0 bridgehead atoms. The Hall–Kier alpha value is -1.59. The number of fused-ring (bicyclic) bond motifs is 1. The van der Waals surface area contributed by atoms with Crippen molar-refractivity contribution in [2.24, 2.45) is 0 Å². The first-order valence-corrected chi connectivity index (χ1v) is 6.77. The second kappa shape index (κ2) is 6.04. The minimum atomic E-state index is -0.572. The van der Waals surface area contributed by atoms with Crippen molar-refractivity contribution in [2.45, 2.75) is 13.0 Å². The summed E-state index contributed by atoms with van der Waals surface area (Å²) >= 11 is 5.22. The fourth-order valence-corrected chi connectivity index (χ4v) is 2.32. The number of likely N-dealkylation sites (N-methyl/N-ethyl adjacent to an activating group) is 1. The molecule has 4 nitrogen and oxygen atoms in total. The number of hydrogen-bond donors (Lipinski definition) is 3. The standard InChI is InChI=1S/C14H19N3OS/c1-3-15-14(19)17(2)9-13(18)11-8-16-12-7-5-4-6-10(11)12/h4-8,13,16,18H,3,9H2,1-2H3,(H,15,19)/t13-/m0/s1. The summed E-state index contributed by atoms with van der Waals surface area (Å²) in [6.45, 7) is 3.25. The third kappa shape index (κ3) is 3.05. The zero-order valence-corrected chi connectivity index (χ0v) is 12.0. The Morgan fingerprint density at radius 2 is 2.21 bits per heavy atom. The predicted octanol–water partition coefficient (Wildman–Crippen LogP) is 2.03. The Morgan fingerprint density at radius 3 is 2.95 bits per heavy atom. The number of hydrogen-bond acceptors (Lipinski definition) is 2. The number of para-hydroxylation sites is 1. The van der Waals surface area contributed by atoms with Gasteiger partial charge in [0.25, 0.3) is 0 Å². The lowest BCUT2D eigenvalue weighted by Crippen LogP contribution is -2.39. The number of H-pyrrole nitrogens is 1. The molecule has 0 unspecified atom stereocenters. The van der Waals surface area contributed by atoms with Crippen LogP contribution in [-0.2, 0) is 0 Å². The van der Waals surface area contributed by atoms with Gasteiger partial charge < -0.3 is 20.3 Å². The fraction of sp³-hybridized carbons (Fsp3) is 0.357. The molecule has 1 aromatic heterocycles. The van der Waals surface area contributed by atoms with E-state index in [4.69, 9.17) is 12.2 Å². The van der Waals surface area contributed by atoms with Crippen LogP contribution < -0.4 is 5.32 Å². The molecule has 3 N–H and O–H groups in total. The van der Waals surface area contributed by atoms with Crippen LogP contribution in [-0.4, -0.2) is 40.2 Å². The van der Waals surface area contributed by atoms with Gasteiger partial charge >= 0.3 is 0 Å². The summed E-state index contributed by atoms with van der Waals surface area (Å²) in [6.07, 6.45) is 1.29. The maximum absolute atomic E-state index is 10.3. The first kappa shape index (κ1) is 13.8. The Bertz CT molecular complexity index is 567. The molecule has 1 heterocycles. The van der Waals surface area contributed by atoms with Gasteiger partial charge in [-0.25, -0.2) is 0 Å². The zero-order chi connectivity index (χ0) is 13.8. The van der Waals surface area contributed by atoms with Crippen LogP contribution in [0.3, 0.4) is 0 Å². The summed E-state index contributed by atoms with van der Waals surface area (Å²) in [5, 5.41) is 15.1. The first-order valence-electron chi connectivity index (χ1n) is 6.36. The van der Waals surface area contributed by atoms with Crippen molar-refractivity contribution in [1.82, 2.24) is 15.2 Å². The van der Waals surface area contributed by atoms with Gasteiger partial charge in [-0.15, -0.1) is 0 Å². The van der Waals surface area contributed by atoms with Gasteiger partial charge in [0.2, 0.25) is 0 Å². The SMILES string of the molecule is CCNC(=S)N(C)C[C@H](O)c1c[nH]c2ccccc12. The summed E-state index contributed by atoms with van der Waals surface area (Å²) in [5.74, 6) is 0. The van der Waals surface area contributed by atoms with Crippen LogP contribution in [0.1, 0.15) is 18.6 Å². The molecule has 0 saturated heterocycles. The van der Waals surface area contributed by atoms with E-state index in [1.165, 1.54) is 0 Å². The lowest BCUT2D eigenvalue weighted by atomic mass is 10.1. The predicted molar refractivity (Wildman–Crippen MR) is 82.2 cm³/mol. The number of aromatic nitrogens is 1. The molecule has 0 aliphatic heterocycles. The van der Waals surface area contributed by atoms with Crippen LogP contribution in [0.2, 0.25) is 0 Å². The van der Waals surface area contributed by atoms with Crippen molar-refractivity contribution < 1.29 is 5.11 Å². The highest BCUT2D eigenvalue weighted by Gasteiger charge is 2.15. The van der Waals surface area contributed by atoms with Gasteiger partial charge in [0, 0.05) is 42.8 Å². The highest BCUT2D eigenvalue weighted by atomic mass is 32.1. The fourth-order valence-electron chi connectivity index (χ4n) is 2.10. The van der Waals surface area contributed by atoms with Crippen molar-refractivity contribution in [3.05, 3.63) is 36.0 Å². The van der Waals surface area contributed by atoms with E-state index in [9.17, 15) is 5.11 Å². The van der Waals surface area contributed by atoms with Gasteiger partial charge in [0.15, 0.2) is 5.11 Å². The van der Waals surface area contributed by atoms with Crippen molar-refractivity contribution >= 4 is 28.2 Å². The summed E-state index contributed by atoms with van der Waals surface area (Å²) in [7, 11) is 1.88. The Morgan fingerprint density at radius 1 is 1.47 bits per heavy atom. The highest BCUT2D eigenvalue weighted by molar-refractivity contribution is 7.80. The van der Waals surface area contributed by atoms with E-state index in [1.54, 1.807) is 0 Å². The van der Waals surface area contributed by atoms with E-state index < -0.39 is 6.10 Å². The molecule has 0 radical (unpaired) electrons. The number of thiocarbonyl (C=S) groups is 1. The molecule has 2 aromatic rings. The second-order valence-electron chi connectivity index (χ2n) is 4.52. The maximum atomic E-state index is 10.3. The maximum Gasteiger partial charge on any atom is 0.168 e. The molecule has 1 aromatic carbocycles. The molecule has 19 heavy (non-hydrogen) atoms. The van der Waals surface area contributed by atoms with E-state index >= 15 is 0 Å². The largest absolute Gasteiger partial charge is 0.386 e. The first-order chi connectivity index (χ1) is 9.13. The third-order valence-electron chi connectivity index (χ3n) is 3.10. The van der Waals surface area contributed by atoms with Gasteiger partial charge in [-0.2, -0.15) is 0 Å². The number of aliphatic hydroxyl groups is 1. The molecule has 0 spiro atoms. The molecule has 102 valence electrons. The zero-order valence-electron chi connectivity index (χ0n) is 11.2. The van der Waals surface area contributed by atoms with E-state index in [0.29, 0.717) is 11.7 Å². The lowest BCUT2D eigenvalue weighted by molar-refractivity contribution is 0.153. The van der Waals surface area contributed by atoms with Crippen LogP contribution in [0.25, 0.3) is 10.9 Å². The average Bonchev–Trinajstić information content (AvgIpc) is 2.82. The molecular weight excluding hydrogens is 258 g/mol. The number of benzene rings is 1. The lowest BCUT2D eigenvalue weighted by Gasteiger charge is -2.23.